The predicted molar refractivity (Wildman–Crippen MR) is 72.0 cm³/mol. The Balaban J connectivity index is 1.65. The Bertz CT molecular complexity index is 660. The van der Waals surface area contributed by atoms with Gasteiger partial charge in [-0.15, -0.1) is 0 Å². The van der Waals surface area contributed by atoms with Crippen LogP contribution in [-0.4, -0.2) is 22.2 Å². The molecule has 104 valence electrons. The van der Waals surface area contributed by atoms with Crippen LogP contribution in [0.25, 0.3) is 11.4 Å². The van der Waals surface area contributed by atoms with Gasteiger partial charge >= 0.3 is 0 Å². The Labute approximate surface area is 120 Å². The van der Waals surface area contributed by atoms with Crippen molar-refractivity contribution in [2.45, 2.75) is 37.3 Å². The van der Waals surface area contributed by atoms with Crippen LogP contribution in [0.15, 0.2) is 22.7 Å². The molecule has 0 amide bonds. The predicted octanol–water partition coefficient (Wildman–Crippen LogP) is 3.14. The number of rotatable bonds is 2. The Hall–Kier alpha value is -1.46. The molecule has 1 N–H and O–H groups in total. The number of nitrogens with one attached hydrogen (secondary N) is 1. The van der Waals surface area contributed by atoms with Crippen LogP contribution in [0, 0.1) is 5.82 Å². The van der Waals surface area contributed by atoms with Gasteiger partial charge in [-0.05, 0) is 37.5 Å². The minimum atomic E-state index is -0.375. The molecule has 6 heteroatoms. The van der Waals surface area contributed by atoms with Crippen molar-refractivity contribution in [3.63, 3.8) is 0 Å². The third-order valence-corrected chi connectivity index (χ3v) is 4.54. The SMILES string of the molecule is Fc1ccc(-c2noc(C3CC4CCC3N4)n2)c(Cl)c1. The van der Waals surface area contributed by atoms with Gasteiger partial charge in [-0.25, -0.2) is 4.39 Å². The van der Waals surface area contributed by atoms with Crippen LogP contribution in [-0.2, 0) is 0 Å². The second-order valence-corrected chi connectivity index (χ2v) is 5.88. The van der Waals surface area contributed by atoms with E-state index >= 15 is 0 Å². The van der Waals surface area contributed by atoms with E-state index in [1.807, 2.05) is 0 Å². The van der Waals surface area contributed by atoms with Gasteiger partial charge in [0.1, 0.15) is 5.82 Å². The van der Waals surface area contributed by atoms with E-state index in [2.05, 4.69) is 15.5 Å². The maximum absolute atomic E-state index is 13.1. The lowest BCUT2D eigenvalue weighted by molar-refractivity contribution is 0.329. The summed E-state index contributed by atoms with van der Waals surface area (Å²) in [4.78, 5) is 4.45. The van der Waals surface area contributed by atoms with Crippen molar-refractivity contribution in [3.05, 3.63) is 34.9 Å². The number of hydrogen-bond donors (Lipinski definition) is 1. The molecule has 1 aromatic heterocycles. The Morgan fingerprint density at radius 3 is 2.95 bits per heavy atom. The largest absolute Gasteiger partial charge is 0.339 e. The molecule has 0 saturated carbocycles. The zero-order chi connectivity index (χ0) is 13.7. The van der Waals surface area contributed by atoms with Crippen molar-refractivity contribution < 1.29 is 8.91 Å². The highest BCUT2D eigenvalue weighted by Gasteiger charge is 2.42. The van der Waals surface area contributed by atoms with Gasteiger partial charge in [-0.3, -0.25) is 0 Å². The molecule has 4 nitrogen and oxygen atoms in total. The van der Waals surface area contributed by atoms with Crippen molar-refractivity contribution >= 4 is 11.6 Å². The first-order chi connectivity index (χ1) is 9.70. The summed E-state index contributed by atoms with van der Waals surface area (Å²) in [7, 11) is 0. The van der Waals surface area contributed by atoms with Crippen LogP contribution >= 0.6 is 11.6 Å². The van der Waals surface area contributed by atoms with Gasteiger partial charge in [0, 0.05) is 17.6 Å². The Morgan fingerprint density at radius 2 is 2.25 bits per heavy atom. The second-order valence-electron chi connectivity index (χ2n) is 5.47. The van der Waals surface area contributed by atoms with Gasteiger partial charge in [-0.2, -0.15) is 4.98 Å². The fourth-order valence-corrected chi connectivity index (χ4v) is 3.51. The lowest BCUT2D eigenvalue weighted by Crippen LogP contribution is -2.21. The maximum atomic E-state index is 13.1. The topological polar surface area (TPSA) is 51.0 Å². The van der Waals surface area contributed by atoms with Gasteiger partial charge in [0.25, 0.3) is 0 Å². The van der Waals surface area contributed by atoms with Crippen molar-refractivity contribution in [2.24, 2.45) is 0 Å². The van der Waals surface area contributed by atoms with Crippen molar-refractivity contribution in [1.82, 2.24) is 15.5 Å². The minimum Gasteiger partial charge on any atom is -0.339 e. The lowest BCUT2D eigenvalue weighted by Gasteiger charge is -2.15. The van der Waals surface area contributed by atoms with E-state index in [1.54, 1.807) is 6.07 Å². The average molecular weight is 294 g/mol. The van der Waals surface area contributed by atoms with Gasteiger partial charge in [0.2, 0.25) is 11.7 Å². The highest BCUT2D eigenvalue weighted by Crippen LogP contribution is 2.40. The van der Waals surface area contributed by atoms with E-state index in [4.69, 9.17) is 16.1 Å². The summed E-state index contributed by atoms with van der Waals surface area (Å²) in [6.07, 6.45) is 3.43. The summed E-state index contributed by atoms with van der Waals surface area (Å²) < 4.78 is 18.4. The second kappa shape index (κ2) is 4.53. The van der Waals surface area contributed by atoms with E-state index < -0.39 is 0 Å². The molecular formula is C14H13ClFN3O. The highest BCUT2D eigenvalue weighted by molar-refractivity contribution is 6.33. The smallest absolute Gasteiger partial charge is 0.231 e. The van der Waals surface area contributed by atoms with E-state index in [9.17, 15) is 4.39 Å². The highest BCUT2D eigenvalue weighted by atomic mass is 35.5. The van der Waals surface area contributed by atoms with Crippen LogP contribution in [0.1, 0.15) is 31.1 Å². The third-order valence-electron chi connectivity index (χ3n) is 4.23. The van der Waals surface area contributed by atoms with E-state index in [-0.39, 0.29) is 11.7 Å². The number of nitrogens with zero attached hydrogens (tertiary/aromatic N) is 2. The fraction of sp³-hybridized carbons (Fsp3) is 0.429. The Morgan fingerprint density at radius 1 is 1.35 bits per heavy atom. The number of aromatic nitrogens is 2. The summed E-state index contributed by atoms with van der Waals surface area (Å²) >= 11 is 6.02. The summed E-state index contributed by atoms with van der Waals surface area (Å²) in [6.45, 7) is 0. The van der Waals surface area contributed by atoms with Gasteiger partial charge in [0.05, 0.1) is 10.9 Å². The molecule has 4 rings (SSSR count). The lowest BCUT2D eigenvalue weighted by atomic mass is 9.89. The summed E-state index contributed by atoms with van der Waals surface area (Å²) in [5.41, 5.74) is 0.596. The standard InChI is InChI=1S/C14H13ClFN3O/c15-11-5-7(16)1-3-9(11)13-18-14(20-19-13)10-6-8-2-4-12(10)17-8/h1,3,5,8,10,12,17H,2,4,6H2. The Kier molecular flexibility index (Phi) is 2.79. The third kappa shape index (κ3) is 1.93. The molecule has 2 aromatic rings. The number of fused-ring (bicyclic) bond motifs is 2. The maximum Gasteiger partial charge on any atom is 0.231 e. The van der Waals surface area contributed by atoms with Gasteiger partial charge in [0.15, 0.2) is 0 Å². The minimum absolute atomic E-state index is 0.286. The van der Waals surface area contributed by atoms with Crippen molar-refractivity contribution in [2.75, 3.05) is 0 Å². The zero-order valence-corrected chi connectivity index (χ0v) is 11.4. The van der Waals surface area contributed by atoms with Crippen LogP contribution < -0.4 is 5.32 Å². The molecule has 0 radical (unpaired) electrons. The first-order valence-electron chi connectivity index (χ1n) is 6.76. The van der Waals surface area contributed by atoms with Gasteiger partial charge < -0.3 is 9.84 Å². The summed E-state index contributed by atoms with van der Waals surface area (Å²) in [5.74, 6) is 0.988. The fourth-order valence-electron chi connectivity index (χ4n) is 3.26. The van der Waals surface area contributed by atoms with Crippen LogP contribution in [0.5, 0.6) is 0 Å². The summed E-state index contributed by atoms with van der Waals surface area (Å²) in [6, 6.07) is 5.19. The molecule has 2 fully saturated rings. The molecule has 2 aliphatic heterocycles. The van der Waals surface area contributed by atoms with E-state index in [0.29, 0.717) is 34.4 Å². The van der Waals surface area contributed by atoms with Crippen molar-refractivity contribution in [3.8, 4) is 11.4 Å². The van der Waals surface area contributed by atoms with Gasteiger partial charge in [-0.1, -0.05) is 16.8 Å². The molecule has 2 aliphatic rings. The number of hydrogen-bond acceptors (Lipinski definition) is 4. The molecule has 3 heterocycles. The molecule has 3 unspecified atom stereocenters. The normalized spacial score (nSPS) is 28.2. The van der Waals surface area contributed by atoms with Crippen LogP contribution in [0.2, 0.25) is 5.02 Å². The van der Waals surface area contributed by atoms with E-state index in [0.717, 1.165) is 12.8 Å². The number of halogens is 2. The molecule has 2 bridgehead atoms. The quantitative estimate of drug-likeness (QED) is 0.924. The zero-order valence-electron chi connectivity index (χ0n) is 10.6. The molecule has 2 saturated heterocycles. The number of benzene rings is 1. The molecule has 1 aromatic carbocycles. The van der Waals surface area contributed by atoms with Crippen LogP contribution in [0.3, 0.4) is 0 Å². The first-order valence-corrected chi connectivity index (χ1v) is 7.13. The summed E-state index contributed by atoms with van der Waals surface area (Å²) in [5, 5.41) is 7.82. The molecule has 0 aliphatic carbocycles. The average Bonchev–Trinajstić information content (AvgIpc) is 3.14. The monoisotopic (exact) mass is 293 g/mol. The molecular weight excluding hydrogens is 281 g/mol. The van der Waals surface area contributed by atoms with Crippen molar-refractivity contribution in [1.29, 1.82) is 0 Å². The van der Waals surface area contributed by atoms with E-state index in [1.165, 1.54) is 18.6 Å². The van der Waals surface area contributed by atoms with Crippen LogP contribution in [0.4, 0.5) is 4.39 Å². The molecule has 0 spiro atoms. The molecule has 20 heavy (non-hydrogen) atoms. The molecule has 3 atom stereocenters. The first kappa shape index (κ1) is 12.3.